The number of hydrogen-bond donors (Lipinski definition) is 1. The molecule has 6 nitrogen and oxygen atoms in total. The van der Waals surface area contributed by atoms with E-state index in [0.29, 0.717) is 32.8 Å². The second-order valence-electron chi connectivity index (χ2n) is 6.14. The van der Waals surface area contributed by atoms with Crippen molar-refractivity contribution in [2.75, 3.05) is 19.8 Å². The molecule has 1 N–H and O–H groups in total. The lowest BCUT2D eigenvalue weighted by Crippen LogP contribution is -2.50. The highest BCUT2D eigenvalue weighted by Crippen LogP contribution is 2.12. The van der Waals surface area contributed by atoms with Crippen LogP contribution in [0.1, 0.15) is 32.4 Å². The predicted molar refractivity (Wildman–Crippen MR) is 88.1 cm³/mol. The summed E-state index contributed by atoms with van der Waals surface area (Å²) in [5.41, 5.74) is 2.29. The van der Waals surface area contributed by atoms with Crippen LogP contribution in [0.4, 0.5) is 0 Å². The highest BCUT2D eigenvalue weighted by atomic mass is 16.5. The van der Waals surface area contributed by atoms with Crippen LogP contribution in [0.5, 0.6) is 0 Å². The molecule has 0 spiro atoms. The molecule has 23 heavy (non-hydrogen) atoms. The number of carbonyl (C=O) groups excluding carboxylic acids is 1. The Morgan fingerprint density at radius 2 is 2.39 bits per heavy atom. The Morgan fingerprint density at radius 1 is 1.57 bits per heavy atom. The molecule has 0 aliphatic carbocycles. The van der Waals surface area contributed by atoms with E-state index < -0.39 is 0 Å². The van der Waals surface area contributed by atoms with Crippen LogP contribution in [0.2, 0.25) is 0 Å². The van der Waals surface area contributed by atoms with Crippen molar-refractivity contribution < 1.29 is 14.3 Å². The fraction of sp³-hybridized carbons (Fsp3) is 0.647. The van der Waals surface area contributed by atoms with Crippen molar-refractivity contribution in [3.63, 3.8) is 0 Å². The Bertz CT molecular complexity index is 535. The summed E-state index contributed by atoms with van der Waals surface area (Å²) in [5, 5.41) is 7.23. The molecule has 0 saturated carbocycles. The first kappa shape index (κ1) is 17.7. The molecule has 1 fully saturated rings. The largest absolute Gasteiger partial charge is 0.379 e. The summed E-state index contributed by atoms with van der Waals surface area (Å²) in [5.74, 6) is 0.00575. The molecule has 1 aliphatic rings. The van der Waals surface area contributed by atoms with Crippen LogP contribution in [0.3, 0.4) is 0 Å². The van der Waals surface area contributed by atoms with Gasteiger partial charge in [0.25, 0.3) is 0 Å². The summed E-state index contributed by atoms with van der Waals surface area (Å²) in [6, 6.07) is 1.85. The fourth-order valence-electron chi connectivity index (χ4n) is 2.51. The molecule has 0 unspecified atom stereocenters. The number of allylic oxidation sites excluding steroid dienone is 1. The molecule has 1 aromatic rings. The topological polar surface area (TPSA) is 65.4 Å². The van der Waals surface area contributed by atoms with Crippen molar-refractivity contribution in [2.24, 2.45) is 0 Å². The maximum Gasteiger partial charge on any atom is 0.222 e. The van der Waals surface area contributed by atoms with E-state index in [-0.39, 0.29) is 18.1 Å². The van der Waals surface area contributed by atoms with Crippen LogP contribution in [0.25, 0.3) is 0 Å². The molecule has 6 heteroatoms. The molecule has 1 aliphatic heterocycles. The normalized spacial score (nSPS) is 21.0. The highest BCUT2D eigenvalue weighted by molar-refractivity contribution is 5.76. The summed E-state index contributed by atoms with van der Waals surface area (Å²) in [7, 11) is 0. The van der Waals surface area contributed by atoms with Gasteiger partial charge in [0.2, 0.25) is 5.91 Å². The zero-order chi connectivity index (χ0) is 16.7. The van der Waals surface area contributed by atoms with Crippen molar-refractivity contribution in [1.82, 2.24) is 15.1 Å². The molecule has 0 aromatic carbocycles. The second kappa shape index (κ2) is 8.84. The summed E-state index contributed by atoms with van der Waals surface area (Å²) >= 11 is 0. The number of ether oxygens (including phenoxy) is 2. The van der Waals surface area contributed by atoms with Gasteiger partial charge >= 0.3 is 0 Å². The molecule has 2 rings (SSSR count). The van der Waals surface area contributed by atoms with E-state index in [0.717, 1.165) is 12.1 Å². The first-order valence-electron chi connectivity index (χ1n) is 8.16. The van der Waals surface area contributed by atoms with Gasteiger partial charge in [-0.3, -0.25) is 9.48 Å². The molecule has 0 radical (unpaired) electrons. The maximum atomic E-state index is 12.2. The summed E-state index contributed by atoms with van der Waals surface area (Å²) in [4.78, 5) is 12.2. The Morgan fingerprint density at radius 3 is 3.09 bits per heavy atom. The van der Waals surface area contributed by atoms with E-state index in [1.165, 1.54) is 5.57 Å². The van der Waals surface area contributed by atoms with Gasteiger partial charge < -0.3 is 14.8 Å². The molecular formula is C17H27N3O3. The Balaban J connectivity index is 1.79. The van der Waals surface area contributed by atoms with Crippen LogP contribution < -0.4 is 5.32 Å². The van der Waals surface area contributed by atoms with Gasteiger partial charge in [0.15, 0.2) is 0 Å². The van der Waals surface area contributed by atoms with Crippen molar-refractivity contribution in [2.45, 2.75) is 52.3 Å². The van der Waals surface area contributed by atoms with Crippen molar-refractivity contribution in [3.8, 4) is 0 Å². The first-order chi connectivity index (χ1) is 11.1. The Kier molecular flexibility index (Phi) is 6.80. The zero-order valence-corrected chi connectivity index (χ0v) is 14.2. The van der Waals surface area contributed by atoms with Crippen LogP contribution in [0.15, 0.2) is 23.9 Å². The summed E-state index contributed by atoms with van der Waals surface area (Å²) in [6.07, 6.45) is 5.01. The smallest absolute Gasteiger partial charge is 0.222 e. The number of aryl methyl sites for hydroxylation is 2. The predicted octanol–water partition coefficient (Wildman–Crippen LogP) is 1.84. The third-order valence-corrected chi connectivity index (χ3v) is 3.92. The van der Waals surface area contributed by atoms with E-state index in [9.17, 15) is 4.79 Å². The minimum Gasteiger partial charge on any atom is -0.379 e. The van der Waals surface area contributed by atoms with E-state index >= 15 is 0 Å². The van der Waals surface area contributed by atoms with Gasteiger partial charge in [-0.2, -0.15) is 5.10 Å². The van der Waals surface area contributed by atoms with Gasteiger partial charge in [0.05, 0.1) is 25.4 Å². The average molecular weight is 321 g/mol. The van der Waals surface area contributed by atoms with E-state index in [4.69, 9.17) is 9.47 Å². The minimum atomic E-state index is -0.0828. The van der Waals surface area contributed by atoms with Crippen LogP contribution in [-0.2, 0) is 20.8 Å². The van der Waals surface area contributed by atoms with Gasteiger partial charge in [0, 0.05) is 31.5 Å². The number of rotatable bonds is 7. The molecule has 2 atom stereocenters. The van der Waals surface area contributed by atoms with Crippen molar-refractivity contribution in [1.29, 1.82) is 0 Å². The molecule has 2 heterocycles. The number of aromatic nitrogens is 2. The highest BCUT2D eigenvalue weighted by Gasteiger charge is 2.27. The quantitative estimate of drug-likeness (QED) is 0.778. The van der Waals surface area contributed by atoms with Gasteiger partial charge in [-0.1, -0.05) is 11.6 Å². The SMILES string of the molecule is CC(C)=CCO[C@H]1CCOC[C@H]1NC(=O)CCn1nccc1C. The Hall–Kier alpha value is -1.66. The van der Waals surface area contributed by atoms with Gasteiger partial charge in [-0.25, -0.2) is 0 Å². The number of carbonyl (C=O) groups is 1. The molecule has 1 amide bonds. The van der Waals surface area contributed by atoms with Crippen LogP contribution in [0, 0.1) is 6.92 Å². The Labute approximate surface area is 137 Å². The summed E-state index contributed by atoms with van der Waals surface area (Å²) < 4.78 is 13.2. The third kappa shape index (κ3) is 5.80. The summed E-state index contributed by atoms with van der Waals surface area (Å²) in [6.45, 7) is 8.42. The molecule has 1 aromatic heterocycles. The molecule has 1 saturated heterocycles. The van der Waals surface area contributed by atoms with E-state index in [1.807, 2.05) is 31.5 Å². The van der Waals surface area contributed by atoms with Gasteiger partial charge in [-0.05, 0) is 33.3 Å². The number of nitrogens with one attached hydrogen (secondary N) is 1. The second-order valence-corrected chi connectivity index (χ2v) is 6.14. The molecule has 128 valence electrons. The lowest BCUT2D eigenvalue weighted by Gasteiger charge is -2.32. The first-order valence-corrected chi connectivity index (χ1v) is 8.16. The van der Waals surface area contributed by atoms with Gasteiger partial charge in [-0.15, -0.1) is 0 Å². The zero-order valence-electron chi connectivity index (χ0n) is 14.2. The fourth-order valence-corrected chi connectivity index (χ4v) is 2.51. The number of amides is 1. The van der Waals surface area contributed by atoms with Gasteiger partial charge in [0.1, 0.15) is 0 Å². The van der Waals surface area contributed by atoms with Crippen LogP contribution in [-0.4, -0.2) is 47.7 Å². The third-order valence-electron chi connectivity index (χ3n) is 3.92. The minimum absolute atomic E-state index is 0.00575. The average Bonchev–Trinajstić information content (AvgIpc) is 2.92. The monoisotopic (exact) mass is 321 g/mol. The van der Waals surface area contributed by atoms with Crippen LogP contribution >= 0.6 is 0 Å². The number of hydrogen-bond acceptors (Lipinski definition) is 4. The lowest BCUT2D eigenvalue weighted by molar-refractivity contribution is -0.126. The molecular weight excluding hydrogens is 294 g/mol. The van der Waals surface area contributed by atoms with E-state index in [2.05, 4.69) is 16.5 Å². The number of nitrogens with zero attached hydrogens (tertiary/aromatic N) is 2. The lowest BCUT2D eigenvalue weighted by atomic mass is 10.1. The standard InChI is InChI=1S/C17H27N3O3/c1-13(2)6-11-23-16-7-10-22-12-15(16)19-17(21)5-9-20-14(3)4-8-18-20/h4,6,8,15-16H,5,7,9-12H2,1-3H3,(H,19,21)/t15-,16+/m1/s1. The maximum absolute atomic E-state index is 12.2. The van der Waals surface area contributed by atoms with E-state index in [1.54, 1.807) is 6.20 Å². The van der Waals surface area contributed by atoms with Crippen molar-refractivity contribution in [3.05, 3.63) is 29.6 Å². The van der Waals surface area contributed by atoms with Crippen molar-refractivity contribution >= 4 is 5.91 Å². The molecule has 0 bridgehead atoms.